The first-order valence-electron chi connectivity index (χ1n) is 34.7. The number of carbonyl (C=O) groups excluding carboxylic acids is 3. The molecule has 1 unspecified atom stereocenters. The second kappa shape index (κ2) is 42.9. The summed E-state index contributed by atoms with van der Waals surface area (Å²) in [5.74, 6) is 3.13. The van der Waals surface area contributed by atoms with Gasteiger partial charge in [0.2, 0.25) is 5.75 Å². The summed E-state index contributed by atoms with van der Waals surface area (Å²) >= 11 is 0. The number of hydrogen-bond donors (Lipinski definition) is 2. The Hall–Kier alpha value is -6.89. The van der Waals surface area contributed by atoms with Gasteiger partial charge in [-0.3, -0.25) is 20.2 Å². The molecule has 0 aromatic heterocycles. The van der Waals surface area contributed by atoms with Gasteiger partial charge in [-0.1, -0.05) is 233 Å². The Labute approximate surface area is 534 Å². The van der Waals surface area contributed by atoms with E-state index in [9.17, 15) is 14.4 Å². The zero-order valence-corrected chi connectivity index (χ0v) is 55.0. The summed E-state index contributed by atoms with van der Waals surface area (Å²) in [5, 5.41) is 15.2. The fourth-order valence-corrected chi connectivity index (χ4v) is 10.8. The third kappa shape index (κ3) is 27.8. The number of rotatable bonds is 49. The van der Waals surface area contributed by atoms with Crippen molar-refractivity contribution in [1.29, 1.82) is 0 Å². The Morgan fingerprint density at radius 1 is 0.416 bits per heavy atom. The van der Waals surface area contributed by atoms with Crippen LogP contribution in [0.5, 0.6) is 34.5 Å². The molecule has 1 fully saturated rings. The fraction of sp³-hybridized carbons (Fsp3) is 0.566. The zero-order chi connectivity index (χ0) is 62.9. The highest BCUT2D eigenvalue weighted by Crippen LogP contribution is 2.40. The Morgan fingerprint density at radius 2 is 0.865 bits per heavy atom. The summed E-state index contributed by atoms with van der Waals surface area (Å²) < 4.78 is 39.2. The van der Waals surface area contributed by atoms with Gasteiger partial charge in [0.05, 0.1) is 37.8 Å². The van der Waals surface area contributed by atoms with E-state index < -0.39 is 17.8 Å². The van der Waals surface area contributed by atoms with Gasteiger partial charge < -0.3 is 28.4 Å². The number of urea groups is 1. The highest BCUT2D eigenvalue weighted by molar-refractivity contribution is 6.31. The van der Waals surface area contributed by atoms with E-state index in [1.807, 2.05) is 72.8 Å². The van der Waals surface area contributed by atoms with Crippen molar-refractivity contribution in [3.05, 3.63) is 113 Å². The molecule has 89 heavy (non-hydrogen) atoms. The minimum atomic E-state index is -0.833. The summed E-state index contributed by atoms with van der Waals surface area (Å²) in [6.45, 7) is 14.2. The number of amides is 4. The number of nitrogens with one attached hydrogen (secondary N) is 2. The van der Waals surface area contributed by atoms with Crippen molar-refractivity contribution in [3.8, 4) is 34.5 Å². The van der Waals surface area contributed by atoms with Crippen LogP contribution >= 0.6 is 0 Å². The lowest BCUT2D eigenvalue weighted by Gasteiger charge is -2.19. The first kappa shape index (κ1) is 71.2. The van der Waals surface area contributed by atoms with Crippen molar-refractivity contribution in [1.82, 2.24) is 10.6 Å². The van der Waals surface area contributed by atoms with E-state index in [-0.39, 0.29) is 12.2 Å². The van der Waals surface area contributed by atoms with Crippen LogP contribution in [0.2, 0.25) is 0 Å². The van der Waals surface area contributed by atoms with E-state index in [4.69, 9.17) is 28.4 Å². The lowest BCUT2D eigenvalue weighted by atomic mass is 10.0. The van der Waals surface area contributed by atoms with E-state index in [2.05, 4.69) is 67.6 Å². The number of azo groups is 1. The van der Waals surface area contributed by atoms with Crippen molar-refractivity contribution in [2.75, 3.05) is 26.4 Å². The fourth-order valence-electron chi connectivity index (χ4n) is 10.8. The maximum Gasteiger partial charge on any atom is 0.328 e. The zero-order valence-electron chi connectivity index (χ0n) is 55.0. The summed E-state index contributed by atoms with van der Waals surface area (Å²) in [6, 6.07) is 28.1. The normalized spacial score (nSPS) is 12.8. The molecule has 6 rings (SSSR count). The second-order valence-corrected chi connectivity index (χ2v) is 24.5. The molecule has 1 saturated heterocycles. The van der Waals surface area contributed by atoms with Crippen LogP contribution in [0.25, 0.3) is 16.8 Å². The third-order valence-electron chi connectivity index (χ3n) is 16.6. The number of hydrogen-bond acceptors (Lipinski definition) is 11. The molecule has 1 heterocycles. The maximum absolute atomic E-state index is 12.3. The SMILES string of the molecule is CCCCCCCCCCCCOc1cc(COc2ccc(N=Nc3ccc(COc4ccc5cc(C=C6C(=O)NC(=O)NC6=O)ccc5c4)c(OCC(C)CC)c3)cc2)cc(OCCCCCCCCCCCC)c1OCCCCCCCCCCCC. The van der Waals surface area contributed by atoms with Crippen molar-refractivity contribution in [2.45, 2.75) is 247 Å². The molecular weight excluding hydrogens is 1110 g/mol. The lowest BCUT2D eigenvalue weighted by Crippen LogP contribution is -2.51. The van der Waals surface area contributed by atoms with Gasteiger partial charge in [0.1, 0.15) is 36.0 Å². The van der Waals surface area contributed by atoms with Gasteiger partial charge in [-0.25, -0.2) is 4.79 Å². The van der Waals surface area contributed by atoms with Crippen LogP contribution in [0.1, 0.15) is 250 Å². The summed E-state index contributed by atoms with van der Waals surface area (Å²) in [5.41, 5.74) is 3.66. The predicted molar refractivity (Wildman–Crippen MR) is 363 cm³/mol. The molecule has 0 spiro atoms. The molecule has 5 aromatic carbocycles. The van der Waals surface area contributed by atoms with E-state index in [1.54, 1.807) is 6.07 Å². The Balaban J connectivity index is 1.09. The third-order valence-corrected chi connectivity index (χ3v) is 16.6. The molecule has 13 nitrogen and oxygen atoms in total. The summed E-state index contributed by atoms with van der Waals surface area (Å²) in [4.78, 5) is 36.1. The van der Waals surface area contributed by atoms with Crippen molar-refractivity contribution in [2.24, 2.45) is 16.1 Å². The van der Waals surface area contributed by atoms with E-state index in [0.29, 0.717) is 73.1 Å². The van der Waals surface area contributed by atoms with Gasteiger partial charge in [-0.15, -0.1) is 0 Å². The van der Waals surface area contributed by atoms with Crippen molar-refractivity contribution < 1.29 is 42.8 Å². The topological polar surface area (TPSA) is 155 Å². The Bertz CT molecular complexity index is 2830. The molecule has 2 N–H and O–H groups in total. The molecule has 1 aliphatic heterocycles. The monoisotopic (exact) mass is 1220 g/mol. The van der Waals surface area contributed by atoms with E-state index in [1.165, 1.54) is 160 Å². The largest absolute Gasteiger partial charge is 0.493 e. The minimum absolute atomic E-state index is 0.139. The van der Waals surface area contributed by atoms with Gasteiger partial charge >= 0.3 is 6.03 Å². The Kier molecular flexibility index (Phi) is 34.3. The Morgan fingerprint density at radius 3 is 1.39 bits per heavy atom. The summed E-state index contributed by atoms with van der Waals surface area (Å²) in [7, 11) is 0. The molecule has 5 aromatic rings. The number of carbonyl (C=O) groups is 3. The first-order chi connectivity index (χ1) is 43.7. The number of unbranched alkanes of at least 4 members (excludes halogenated alkanes) is 27. The number of ether oxygens (including phenoxy) is 6. The van der Waals surface area contributed by atoms with Gasteiger partial charge in [0, 0.05) is 11.6 Å². The van der Waals surface area contributed by atoms with Gasteiger partial charge in [-0.05, 0) is 120 Å². The van der Waals surface area contributed by atoms with Gasteiger partial charge in [0.25, 0.3) is 11.8 Å². The van der Waals surface area contributed by atoms with Crippen LogP contribution in [0.3, 0.4) is 0 Å². The number of barbiturate groups is 1. The molecule has 0 saturated carbocycles. The average molecular weight is 1220 g/mol. The molecule has 4 amide bonds. The van der Waals surface area contributed by atoms with E-state index in [0.717, 1.165) is 84.1 Å². The molecular formula is C76H108N4O9. The molecule has 0 aliphatic carbocycles. The van der Waals surface area contributed by atoms with Crippen LogP contribution in [0.15, 0.2) is 107 Å². The van der Waals surface area contributed by atoms with Crippen molar-refractivity contribution in [3.63, 3.8) is 0 Å². The quantitative estimate of drug-likeness (QED) is 0.0168. The second-order valence-electron chi connectivity index (χ2n) is 24.5. The number of fused-ring (bicyclic) bond motifs is 1. The molecule has 1 atom stereocenters. The number of benzene rings is 5. The first-order valence-corrected chi connectivity index (χ1v) is 34.7. The van der Waals surface area contributed by atoms with Crippen LogP contribution in [-0.2, 0) is 22.8 Å². The van der Waals surface area contributed by atoms with Gasteiger partial charge in [0.15, 0.2) is 11.5 Å². The van der Waals surface area contributed by atoms with Crippen LogP contribution in [0, 0.1) is 5.92 Å². The molecule has 486 valence electrons. The van der Waals surface area contributed by atoms with Crippen LogP contribution in [-0.4, -0.2) is 44.3 Å². The number of imide groups is 2. The number of nitrogens with zero attached hydrogens (tertiary/aromatic N) is 2. The van der Waals surface area contributed by atoms with Crippen LogP contribution in [0.4, 0.5) is 16.2 Å². The van der Waals surface area contributed by atoms with Crippen molar-refractivity contribution >= 4 is 46.1 Å². The predicted octanol–water partition coefficient (Wildman–Crippen LogP) is 21.5. The maximum atomic E-state index is 12.3. The van der Waals surface area contributed by atoms with Gasteiger partial charge in [-0.2, -0.15) is 10.2 Å². The molecule has 1 aliphatic rings. The van der Waals surface area contributed by atoms with Crippen LogP contribution < -0.4 is 39.1 Å². The molecule has 0 bridgehead atoms. The highest BCUT2D eigenvalue weighted by atomic mass is 16.5. The lowest BCUT2D eigenvalue weighted by molar-refractivity contribution is -0.123. The molecule has 13 heteroatoms. The standard InChI is InChI=1S/C76H108N4O9/c1-6-10-13-16-19-22-25-28-31-34-47-84-71-52-61(53-72(85-48-35-32-29-26-23-20-17-14-11-7-2)73(71)86-49-36-33-30-27-24-21-18-15-12-8-3)57-87-67-45-42-65(43-46-67)79-80-66-41-39-64(70(55-66)89-56-59(5)9-4)58-88-68-44-40-62-50-60(37-38-63(62)54-68)51-69-74(81)77-76(83)78-75(69)82/h37-46,50-55,59H,6-36,47-49,56-58H2,1-5H3,(H2,77,78,81,82,83). The highest BCUT2D eigenvalue weighted by Gasteiger charge is 2.28. The van der Waals surface area contributed by atoms with E-state index >= 15 is 0 Å². The average Bonchev–Trinajstić information content (AvgIpc) is 2.90. The smallest absolute Gasteiger partial charge is 0.328 e. The molecule has 0 radical (unpaired) electrons. The summed E-state index contributed by atoms with van der Waals surface area (Å²) in [6.07, 6.45) is 40.6. The minimum Gasteiger partial charge on any atom is -0.493 e.